The molecule has 2 rings (SSSR count). The van der Waals surface area contributed by atoms with Gasteiger partial charge < -0.3 is 14.6 Å². The van der Waals surface area contributed by atoms with Gasteiger partial charge in [-0.15, -0.1) is 0 Å². The van der Waals surface area contributed by atoms with E-state index in [1.165, 1.54) is 19.1 Å². The number of esters is 1. The minimum atomic E-state index is -4.70. The van der Waals surface area contributed by atoms with Crippen LogP contribution >= 0.6 is 11.6 Å². The highest BCUT2D eigenvalue weighted by atomic mass is 35.5. The molecule has 1 atom stereocenters. The number of halogens is 5. The van der Waals surface area contributed by atoms with Crippen LogP contribution in [-0.2, 0) is 27.0 Å². The number of rotatable bonds is 5. The van der Waals surface area contributed by atoms with Crippen LogP contribution in [0.5, 0.6) is 0 Å². The van der Waals surface area contributed by atoms with Crippen molar-refractivity contribution in [3.8, 4) is 0 Å². The number of anilines is 1. The number of aromatic nitrogens is 1. The lowest BCUT2D eigenvalue weighted by Crippen LogP contribution is -2.33. The van der Waals surface area contributed by atoms with Crippen molar-refractivity contribution in [3.63, 3.8) is 0 Å². The topological polar surface area (TPSA) is 77.4 Å². The van der Waals surface area contributed by atoms with E-state index in [0.29, 0.717) is 22.9 Å². The van der Waals surface area contributed by atoms with Crippen LogP contribution in [0.15, 0.2) is 41.3 Å². The molecule has 1 unspecified atom stereocenters. The molecule has 6 nitrogen and oxygen atoms in total. The molecule has 1 aromatic heterocycles. The minimum absolute atomic E-state index is 0.113. The fourth-order valence-electron chi connectivity index (χ4n) is 2.07. The molecule has 150 valence electrons. The molecule has 28 heavy (non-hydrogen) atoms. The molecule has 11 heteroatoms. The maximum Gasteiger partial charge on any atom is 0.417 e. The first-order chi connectivity index (χ1) is 13.0. The van der Waals surface area contributed by atoms with Crippen LogP contribution in [0, 0.1) is 5.82 Å². The molecule has 0 radical (unpaired) electrons. The number of nitrogens with zero attached hydrogens (tertiary/aromatic N) is 1. The highest BCUT2D eigenvalue weighted by Gasteiger charge is 2.31. The van der Waals surface area contributed by atoms with Gasteiger partial charge in [0, 0.05) is 17.3 Å². The maximum absolute atomic E-state index is 13.7. The van der Waals surface area contributed by atoms with Crippen LogP contribution in [0.4, 0.5) is 23.2 Å². The van der Waals surface area contributed by atoms with Gasteiger partial charge in [-0.3, -0.25) is 14.4 Å². The number of benzene rings is 1. The first-order valence-corrected chi connectivity index (χ1v) is 8.08. The minimum Gasteiger partial charge on any atom is -0.451 e. The van der Waals surface area contributed by atoms with Crippen molar-refractivity contribution in [1.29, 1.82) is 0 Å². The fourth-order valence-corrected chi connectivity index (χ4v) is 2.23. The number of carbonyl (C=O) groups excluding carboxylic acids is 2. The quantitative estimate of drug-likeness (QED) is 0.595. The number of alkyl halides is 3. The highest BCUT2D eigenvalue weighted by molar-refractivity contribution is 6.30. The molecule has 1 aromatic carbocycles. The molecule has 0 bridgehead atoms. The number of pyridine rings is 1. The van der Waals surface area contributed by atoms with E-state index >= 15 is 0 Å². The molecule has 0 aliphatic heterocycles. The van der Waals surface area contributed by atoms with Crippen LogP contribution in [0.25, 0.3) is 0 Å². The molecular formula is C17H13ClF4N2O4. The maximum atomic E-state index is 13.7. The summed E-state index contributed by atoms with van der Waals surface area (Å²) >= 11 is 5.59. The average molecular weight is 421 g/mol. The Kier molecular flexibility index (Phi) is 6.45. The number of amides is 1. The third-order valence-electron chi connectivity index (χ3n) is 3.48. The number of ether oxygens (including phenoxy) is 1. The Hall–Kier alpha value is -2.88. The van der Waals surface area contributed by atoms with Crippen LogP contribution in [0.1, 0.15) is 12.5 Å². The Morgan fingerprint density at radius 2 is 1.93 bits per heavy atom. The van der Waals surface area contributed by atoms with Gasteiger partial charge in [0.05, 0.1) is 11.3 Å². The van der Waals surface area contributed by atoms with Crippen LogP contribution < -0.4 is 10.9 Å². The summed E-state index contributed by atoms with van der Waals surface area (Å²) in [5.74, 6) is -2.82. The summed E-state index contributed by atoms with van der Waals surface area (Å²) in [6, 6.07) is 4.74. The largest absolute Gasteiger partial charge is 0.451 e. The molecule has 0 saturated carbocycles. The second kappa shape index (κ2) is 8.42. The molecular weight excluding hydrogens is 408 g/mol. The lowest BCUT2D eigenvalue weighted by molar-refractivity contribution is -0.154. The second-order valence-corrected chi connectivity index (χ2v) is 6.06. The van der Waals surface area contributed by atoms with E-state index < -0.39 is 47.6 Å². The summed E-state index contributed by atoms with van der Waals surface area (Å²) in [4.78, 5) is 35.5. The average Bonchev–Trinajstić information content (AvgIpc) is 2.58. The van der Waals surface area contributed by atoms with Crippen molar-refractivity contribution in [1.82, 2.24) is 4.57 Å². The van der Waals surface area contributed by atoms with Gasteiger partial charge in [0.25, 0.3) is 11.5 Å². The van der Waals surface area contributed by atoms with Gasteiger partial charge in [-0.05, 0) is 31.2 Å². The van der Waals surface area contributed by atoms with E-state index in [2.05, 4.69) is 5.32 Å². The van der Waals surface area contributed by atoms with Gasteiger partial charge >= 0.3 is 12.1 Å². The van der Waals surface area contributed by atoms with Crippen molar-refractivity contribution < 1.29 is 31.9 Å². The third-order valence-corrected chi connectivity index (χ3v) is 3.71. The van der Waals surface area contributed by atoms with E-state index in [9.17, 15) is 31.9 Å². The van der Waals surface area contributed by atoms with Crippen molar-refractivity contribution >= 4 is 29.2 Å². The lowest BCUT2D eigenvalue weighted by Gasteiger charge is -2.15. The van der Waals surface area contributed by atoms with Crippen molar-refractivity contribution in [2.24, 2.45) is 0 Å². The Labute approximate surface area is 160 Å². The van der Waals surface area contributed by atoms with E-state index in [4.69, 9.17) is 16.3 Å². The Morgan fingerprint density at radius 1 is 1.25 bits per heavy atom. The molecule has 0 fully saturated rings. The zero-order chi connectivity index (χ0) is 21.1. The predicted octanol–water partition coefficient (Wildman–Crippen LogP) is 3.23. The first kappa shape index (κ1) is 21.4. The van der Waals surface area contributed by atoms with Crippen molar-refractivity contribution in [3.05, 3.63) is 63.3 Å². The van der Waals surface area contributed by atoms with Gasteiger partial charge in [0.1, 0.15) is 12.4 Å². The zero-order valence-corrected chi connectivity index (χ0v) is 15.0. The standard InChI is InChI=1S/C17H13ClF4N2O4/c1-9(16(27)23-13-4-3-11(18)6-12(13)19)28-15(26)8-24-7-10(17(20,21)22)2-5-14(24)25/h2-7,9H,8H2,1H3,(H,23,27). The van der Waals surface area contributed by atoms with Gasteiger partial charge in [0.2, 0.25) is 0 Å². The van der Waals surface area contributed by atoms with Crippen LogP contribution in [0.2, 0.25) is 5.02 Å². The summed E-state index contributed by atoms with van der Waals surface area (Å²) in [6.45, 7) is 0.339. The third kappa shape index (κ3) is 5.56. The van der Waals surface area contributed by atoms with Gasteiger partial charge in [0.15, 0.2) is 6.10 Å². The summed E-state index contributed by atoms with van der Waals surface area (Å²) in [5, 5.41) is 2.29. The van der Waals surface area contributed by atoms with Gasteiger partial charge in [-0.1, -0.05) is 11.6 Å². The predicted molar refractivity (Wildman–Crippen MR) is 91.3 cm³/mol. The van der Waals surface area contributed by atoms with E-state index in [1.807, 2.05) is 0 Å². The normalized spacial score (nSPS) is 12.4. The monoisotopic (exact) mass is 420 g/mol. The molecule has 0 spiro atoms. The SMILES string of the molecule is CC(OC(=O)Cn1cc(C(F)(F)F)ccc1=O)C(=O)Nc1ccc(Cl)cc1F. The molecule has 1 N–H and O–H groups in total. The Morgan fingerprint density at radius 3 is 2.54 bits per heavy atom. The Balaban J connectivity index is 2.02. The summed E-state index contributed by atoms with van der Waals surface area (Å²) < 4.78 is 57.0. The van der Waals surface area contributed by atoms with E-state index in [0.717, 1.165) is 6.07 Å². The molecule has 0 aliphatic carbocycles. The number of carbonyl (C=O) groups is 2. The molecule has 0 saturated heterocycles. The molecule has 0 aliphatic rings. The smallest absolute Gasteiger partial charge is 0.417 e. The molecule has 1 heterocycles. The van der Waals surface area contributed by atoms with Crippen LogP contribution in [0.3, 0.4) is 0 Å². The van der Waals surface area contributed by atoms with Crippen LogP contribution in [-0.4, -0.2) is 22.5 Å². The highest BCUT2D eigenvalue weighted by Crippen LogP contribution is 2.28. The number of hydrogen-bond acceptors (Lipinski definition) is 4. The molecule has 1 amide bonds. The number of nitrogens with one attached hydrogen (secondary N) is 1. The van der Waals surface area contributed by atoms with Gasteiger partial charge in [-0.25, -0.2) is 4.39 Å². The number of hydrogen-bond donors (Lipinski definition) is 1. The van der Waals surface area contributed by atoms with Crippen molar-refractivity contribution in [2.75, 3.05) is 5.32 Å². The Bertz CT molecular complexity index is 959. The van der Waals surface area contributed by atoms with Gasteiger partial charge in [-0.2, -0.15) is 13.2 Å². The second-order valence-electron chi connectivity index (χ2n) is 5.63. The van der Waals surface area contributed by atoms with Crippen molar-refractivity contribution in [2.45, 2.75) is 25.7 Å². The summed E-state index contributed by atoms with van der Waals surface area (Å²) in [6.07, 6.45) is -5.63. The first-order valence-electron chi connectivity index (χ1n) is 7.70. The fraction of sp³-hybridized carbons (Fsp3) is 0.235. The summed E-state index contributed by atoms with van der Waals surface area (Å²) in [5.41, 5.74) is -2.18. The zero-order valence-electron chi connectivity index (χ0n) is 14.2. The lowest BCUT2D eigenvalue weighted by atomic mass is 10.2. The van der Waals surface area contributed by atoms with E-state index in [-0.39, 0.29) is 10.7 Å². The summed E-state index contributed by atoms with van der Waals surface area (Å²) in [7, 11) is 0. The van der Waals surface area contributed by atoms with E-state index in [1.54, 1.807) is 0 Å². The molecule has 2 aromatic rings.